The van der Waals surface area contributed by atoms with Crippen LogP contribution in [0, 0.1) is 0 Å². The fraction of sp³-hybridized carbons (Fsp3) is 0.818. The summed E-state index contributed by atoms with van der Waals surface area (Å²) in [5.41, 5.74) is -0.632. The molecule has 0 aromatic heterocycles. The molecule has 1 heterocycles. The largest absolute Gasteiger partial charge is 0.480 e. The monoisotopic (exact) mass is 245 g/mol. The van der Waals surface area contributed by atoms with Gasteiger partial charge in [0.25, 0.3) is 0 Å². The zero-order valence-electron chi connectivity index (χ0n) is 10.4. The van der Waals surface area contributed by atoms with E-state index in [-0.39, 0.29) is 6.61 Å². The number of carbonyl (C=O) groups excluding carboxylic acids is 1. The Labute approximate surface area is 100 Å². The van der Waals surface area contributed by atoms with E-state index >= 15 is 0 Å². The fourth-order valence-electron chi connectivity index (χ4n) is 1.52. The van der Waals surface area contributed by atoms with Crippen LogP contribution in [0.3, 0.4) is 0 Å². The van der Waals surface area contributed by atoms with Crippen LogP contribution < -0.4 is 0 Å². The van der Waals surface area contributed by atoms with E-state index in [0.717, 1.165) is 0 Å². The standard InChI is InChI=1S/C11H19NO5/c1-11(2,3)17-10(15)12-5-4-6-16-7-8(12)9(13)14/h8H,4-7H2,1-3H3,(H,13,14)/t8-/m0/s1. The lowest BCUT2D eigenvalue weighted by Gasteiger charge is -2.29. The Morgan fingerprint density at radius 2 is 2.06 bits per heavy atom. The third kappa shape index (κ3) is 4.22. The second kappa shape index (κ2) is 5.35. The minimum atomic E-state index is -1.07. The second-order valence-corrected chi connectivity index (χ2v) is 4.96. The number of hydrogen-bond acceptors (Lipinski definition) is 4. The molecule has 0 radical (unpaired) electrons. The molecule has 0 aliphatic carbocycles. The molecule has 1 fully saturated rings. The molecule has 0 saturated carbocycles. The van der Waals surface area contributed by atoms with E-state index in [1.54, 1.807) is 20.8 Å². The average molecular weight is 245 g/mol. The summed E-state index contributed by atoms with van der Waals surface area (Å²) >= 11 is 0. The van der Waals surface area contributed by atoms with Crippen molar-refractivity contribution >= 4 is 12.1 Å². The van der Waals surface area contributed by atoms with Crippen molar-refractivity contribution < 1.29 is 24.2 Å². The molecule has 1 N–H and O–H groups in total. The van der Waals surface area contributed by atoms with Gasteiger partial charge in [-0.15, -0.1) is 0 Å². The van der Waals surface area contributed by atoms with Crippen LogP contribution >= 0.6 is 0 Å². The maximum absolute atomic E-state index is 11.9. The van der Waals surface area contributed by atoms with Crippen LogP contribution in [0.2, 0.25) is 0 Å². The Balaban J connectivity index is 2.75. The lowest BCUT2D eigenvalue weighted by Crippen LogP contribution is -2.48. The summed E-state index contributed by atoms with van der Waals surface area (Å²) in [6, 6.07) is -0.965. The van der Waals surface area contributed by atoms with Gasteiger partial charge in [-0.05, 0) is 27.2 Å². The summed E-state index contributed by atoms with van der Waals surface area (Å²) in [5.74, 6) is -1.07. The highest BCUT2D eigenvalue weighted by molar-refractivity contribution is 5.80. The smallest absolute Gasteiger partial charge is 0.411 e. The normalized spacial score (nSPS) is 21.8. The molecule has 98 valence electrons. The van der Waals surface area contributed by atoms with Crippen LogP contribution in [0.5, 0.6) is 0 Å². The van der Waals surface area contributed by atoms with Crippen LogP contribution in [-0.2, 0) is 14.3 Å². The number of aliphatic carboxylic acids is 1. The summed E-state index contributed by atoms with van der Waals surface area (Å²) < 4.78 is 10.3. The van der Waals surface area contributed by atoms with Crippen molar-refractivity contribution in [1.82, 2.24) is 4.90 Å². The number of nitrogens with zero attached hydrogens (tertiary/aromatic N) is 1. The van der Waals surface area contributed by atoms with E-state index < -0.39 is 23.7 Å². The number of ether oxygens (including phenoxy) is 2. The Hall–Kier alpha value is -1.30. The van der Waals surface area contributed by atoms with Gasteiger partial charge in [-0.3, -0.25) is 4.90 Å². The number of hydrogen-bond donors (Lipinski definition) is 1. The van der Waals surface area contributed by atoms with Crippen molar-refractivity contribution in [3.63, 3.8) is 0 Å². The van der Waals surface area contributed by atoms with Crippen molar-refractivity contribution in [2.45, 2.75) is 38.8 Å². The van der Waals surface area contributed by atoms with E-state index in [9.17, 15) is 9.59 Å². The molecule has 0 unspecified atom stereocenters. The first kappa shape index (κ1) is 13.8. The molecule has 1 amide bonds. The average Bonchev–Trinajstić information content (AvgIpc) is 2.39. The second-order valence-electron chi connectivity index (χ2n) is 4.96. The van der Waals surface area contributed by atoms with Gasteiger partial charge in [-0.25, -0.2) is 9.59 Å². The molecule has 1 atom stereocenters. The summed E-state index contributed by atoms with van der Waals surface area (Å²) in [6.07, 6.45) is 0.0126. The van der Waals surface area contributed by atoms with Gasteiger partial charge in [-0.2, -0.15) is 0 Å². The molecule has 6 heteroatoms. The van der Waals surface area contributed by atoms with Gasteiger partial charge in [0.15, 0.2) is 6.04 Å². The first-order valence-corrected chi connectivity index (χ1v) is 5.61. The maximum Gasteiger partial charge on any atom is 0.411 e. The lowest BCUT2D eigenvalue weighted by molar-refractivity contribution is -0.144. The van der Waals surface area contributed by atoms with Crippen LogP contribution in [0.1, 0.15) is 27.2 Å². The number of amides is 1. The van der Waals surface area contributed by atoms with Crippen molar-refractivity contribution in [3.8, 4) is 0 Å². The Kier molecular flexibility index (Phi) is 4.34. The molecule has 1 rings (SSSR count). The predicted molar refractivity (Wildman–Crippen MR) is 59.8 cm³/mol. The van der Waals surface area contributed by atoms with E-state index in [2.05, 4.69) is 0 Å². The van der Waals surface area contributed by atoms with Crippen LogP contribution in [0.4, 0.5) is 4.79 Å². The third-order valence-electron chi connectivity index (χ3n) is 2.25. The molecule has 0 bridgehead atoms. The molecule has 1 aliphatic rings. The highest BCUT2D eigenvalue weighted by Gasteiger charge is 2.34. The van der Waals surface area contributed by atoms with Gasteiger partial charge in [0, 0.05) is 13.2 Å². The molecule has 0 aromatic carbocycles. The Bertz CT molecular complexity index is 297. The van der Waals surface area contributed by atoms with Gasteiger partial charge < -0.3 is 14.6 Å². The van der Waals surface area contributed by atoms with Gasteiger partial charge >= 0.3 is 12.1 Å². The van der Waals surface area contributed by atoms with E-state index in [0.29, 0.717) is 19.6 Å². The predicted octanol–water partition coefficient (Wildman–Crippen LogP) is 1.10. The zero-order chi connectivity index (χ0) is 13.1. The van der Waals surface area contributed by atoms with E-state index in [1.807, 2.05) is 0 Å². The molecule has 0 aromatic rings. The molecule has 6 nitrogen and oxygen atoms in total. The summed E-state index contributed by atoms with van der Waals surface area (Å²) in [7, 11) is 0. The minimum Gasteiger partial charge on any atom is -0.480 e. The van der Waals surface area contributed by atoms with Crippen molar-refractivity contribution in [2.75, 3.05) is 19.8 Å². The van der Waals surface area contributed by atoms with Crippen molar-refractivity contribution in [2.24, 2.45) is 0 Å². The molecule has 1 saturated heterocycles. The number of carboxylic acids is 1. The van der Waals surface area contributed by atoms with Crippen LogP contribution in [-0.4, -0.2) is 53.5 Å². The summed E-state index contributed by atoms with van der Waals surface area (Å²) in [6.45, 7) is 6.04. The van der Waals surface area contributed by atoms with Gasteiger partial charge in [-0.1, -0.05) is 0 Å². The Morgan fingerprint density at radius 1 is 1.41 bits per heavy atom. The molecular weight excluding hydrogens is 226 g/mol. The maximum atomic E-state index is 11.9. The molecule has 17 heavy (non-hydrogen) atoms. The van der Waals surface area contributed by atoms with Crippen molar-refractivity contribution in [3.05, 3.63) is 0 Å². The summed E-state index contributed by atoms with van der Waals surface area (Å²) in [5, 5.41) is 9.05. The lowest BCUT2D eigenvalue weighted by atomic mass is 10.2. The van der Waals surface area contributed by atoms with Gasteiger partial charge in [0.2, 0.25) is 0 Å². The third-order valence-corrected chi connectivity index (χ3v) is 2.25. The highest BCUT2D eigenvalue weighted by Crippen LogP contribution is 2.14. The topological polar surface area (TPSA) is 76.1 Å². The number of rotatable bonds is 1. The minimum absolute atomic E-state index is 0.00851. The molecule has 0 spiro atoms. The van der Waals surface area contributed by atoms with E-state index in [4.69, 9.17) is 14.6 Å². The van der Waals surface area contributed by atoms with Crippen molar-refractivity contribution in [1.29, 1.82) is 0 Å². The Morgan fingerprint density at radius 3 is 2.59 bits per heavy atom. The molecule has 1 aliphatic heterocycles. The fourth-order valence-corrected chi connectivity index (χ4v) is 1.52. The van der Waals surface area contributed by atoms with Gasteiger partial charge in [0.05, 0.1) is 6.61 Å². The number of carbonyl (C=O) groups is 2. The van der Waals surface area contributed by atoms with Crippen LogP contribution in [0.15, 0.2) is 0 Å². The summed E-state index contributed by atoms with van der Waals surface area (Å²) in [4.78, 5) is 24.1. The zero-order valence-corrected chi connectivity index (χ0v) is 10.4. The first-order valence-electron chi connectivity index (χ1n) is 5.61. The molecular formula is C11H19NO5. The quantitative estimate of drug-likeness (QED) is 0.748. The number of carboxylic acid groups (broad SMARTS) is 1. The van der Waals surface area contributed by atoms with Crippen LogP contribution in [0.25, 0.3) is 0 Å². The highest BCUT2D eigenvalue weighted by atomic mass is 16.6. The van der Waals surface area contributed by atoms with Gasteiger partial charge in [0.1, 0.15) is 5.60 Å². The first-order chi connectivity index (χ1) is 7.81. The SMILES string of the molecule is CC(C)(C)OC(=O)N1CCCOC[C@H]1C(=O)O. The van der Waals surface area contributed by atoms with E-state index in [1.165, 1.54) is 4.90 Å².